The van der Waals surface area contributed by atoms with E-state index in [0.717, 1.165) is 11.3 Å². The number of fused-ring (bicyclic) bond motifs is 1. The summed E-state index contributed by atoms with van der Waals surface area (Å²) in [7, 11) is -3.72. The number of thiazole rings is 1. The van der Waals surface area contributed by atoms with E-state index in [-0.39, 0.29) is 41.9 Å². The lowest BCUT2D eigenvalue weighted by Gasteiger charge is -2.34. The van der Waals surface area contributed by atoms with Crippen molar-refractivity contribution >= 4 is 37.5 Å². The average molecular weight is 428 g/mol. The predicted octanol–water partition coefficient (Wildman–Crippen LogP) is 1.61. The highest BCUT2D eigenvalue weighted by atomic mass is 32.2. The van der Waals surface area contributed by atoms with Gasteiger partial charge in [-0.1, -0.05) is 11.3 Å². The van der Waals surface area contributed by atoms with Gasteiger partial charge in [0.2, 0.25) is 10.0 Å². The number of carbonyl (C=O) groups is 1. The summed E-state index contributed by atoms with van der Waals surface area (Å²) in [6.45, 7) is 0.924. The van der Waals surface area contributed by atoms with Crippen molar-refractivity contribution in [3.63, 3.8) is 0 Å². The minimum Gasteiger partial charge on any atom is -0.336 e. The number of nitrogens with one attached hydrogen (secondary N) is 1. The van der Waals surface area contributed by atoms with Gasteiger partial charge in [0.15, 0.2) is 0 Å². The fourth-order valence-corrected chi connectivity index (χ4v) is 5.54. The zero-order chi connectivity index (χ0) is 20.6. The van der Waals surface area contributed by atoms with Crippen LogP contribution >= 0.6 is 11.3 Å². The molecule has 10 heteroatoms. The van der Waals surface area contributed by atoms with E-state index in [2.05, 4.69) is 4.98 Å². The number of hydrogen-bond acceptors (Lipinski definition) is 6. The molecule has 0 spiro atoms. The molecule has 2 aromatic carbocycles. The second-order valence-corrected chi connectivity index (χ2v) is 9.51. The highest BCUT2D eigenvalue weighted by Gasteiger charge is 2.30. The quantitative estimate of drug-likeness (QED) is 0.681. The molecule has 1 fully saturated rings. The van der Waals surface area contributed by atoms with Crippen molar-refractivity contribution in [1.29, 1.82) is 5.26 Å². The molecular formula is C19H16N4O4S2. The Balaban J connectivity index is 1.48. The summed E-state index contributed by atoms with van der Waals surface area (Å²) in [4.78, 5) is 28.2. The zero-order valence-electron chi connectivity index (χ0n) is 15.2. The van der Waals surface area contributed by atoms with Crippen LogP contribution in [-0.2, 0) is 10.0 Å². The number of carbonyl (C=O) groups excluding carboxylic acids is 1. The molecule has 8 nitrogen and oxygen atoms in total. The molecule has 0 unspecified atom stereocenters. The van der Waals surface area contributed by atoms with Crippen LogP contribution < -0.4 is 4.87 Å². The third-order valence-electron chi connectivity index (χ3n) is 4.82. The van der Waals surface area contributed by atoms with Crippen molar-refractivity contribution in [2.45, 2.75) is 4.90 Å². The lowest BCUT2D eigenvalue weighted by molar-refractivity contribution is 0.0698. The van der Waals surface area contributed by atoms with Gasteiger partial charge in [0, 0.05) is 31.7 Å². The Morgan fingerprint density at radius 3 is 2.41 bits per heavy atom. The maximum absolute atomic E-state index is 13.0. The van der Waals surface area contributed by atoms with Crippen LogP contribution in [-0.4, -0.2) is 54.7 Å². The number of aromatic nitrogens is 1. The van der Waals surface area contributed by atoms with Crippen LogP contribution in [0.15, 0.2) is 52.2 Å². The summed E-state index contributed by atoms with van der Waals surface area (Å²) in [5.41, 5.74) is 1.55. The van der Waals surface area contributed by atoms with Crippen LogP contribution in [0.5, 0.6) is 0 Å². The fraction of sp³-hybridized carbons (Fsp3) is 0.211. The lowest BCUT2D eigenvalue weighted by Crippen LogP contribution is -2.50. The number of H-pyrrole nitrogens is 1. The number of piperazine rings is 1. The summed E-state index contributed by atoms with van der Waals surface area (Å²) < 4.78 is 27.9. The van der Waals surface area contributed by atoms with E-state index >= 15 is 0 Å². The molecule has 1 N–H and O–H groups in total. The molecule has 0 aliphatic carbocycles. The van der Waals surface area contributed by atoms with Crippen molar-refractivity contribution in [3.8, 4) is 6.07 Å². The van der Waals surface area contributed by atoms with Gasteiger partial charge in [-0.15, -0.1) is 0 Å². The van der Waals surface area contributed by atoms with Crippen molar-refractivity contribution in [3.05, 3.63) is 63.3 Å². The van der Waals surface area contributed by atoms with Crippen LogP contribution in [0.2, 0.25) is 0 Å². The Bertz CT molecular complexity index is 1280. The molecular weight excluding hydrogens is 412 g/mol. The van der Waals surface area contributed by atoms with E-state index in [0.29, 0.717) is 21.3 Å². The number of hydrogen-bond donors (Lipinski definition) is 1. The molecule has 2 heterocycles. The maximum Gasteiger partial charge on any atom is 0.305 e. The number of aromatic amines is 1. The Kier molecular flexibility index (Phi) is 4.96. The number of rotatable bonds is 3. The summed E-state index contributed by atoms with van der Waals surface area (Å²) in [6, 6.07) is 12.9. The predicted molar refractivity (Wildman–Crippen MR) is 108 cm³/mol. The van der Waals surface area contributed by atoms with E-state index in [1.165, 1.54) is 16.4 Å². The summed E-state index contributed by atoms with van der Waals surface area (Å²) >= 11 is 0.966. The van der Waals surface area contributed by atoms with E-state index in [1.54, 1.807) is 35.2 Å². The Labute approximate surface area is 170 Å². The molecule has 29 heavy (non-hydrogen) atoms. The summed E-state index contributed by atoms with van der Waals surface area (Å²) in [5, 5.41) is 8.85. The molecule has 1 saturated heterocycles. The first-order chi connectivity index (χ1) is 13.9. The van der Waals surface area contributed by atoms with Gasteiger partial charge in [-0.2, -0.15) is 9.57 Å². The normalized spacial score (nSPS) is 15.3. The van der Waals surface area contributed by atoms with Crippen LogP contribution in [0.25, 0.3) is 10.2 Å². The van der Waals surface area contributed by atoms with Crippen LogP contribution in [0.3, 0.4) is 0 Å². The van der Waals surface area contributed by atoms with Crippen LogP contribution in [0.4, 0.5) is 0 Å². The molecule has 1 aliphatic heterocycles. The molecule has 0 radical (unpaired) electrons. The highest BCUT2D eigenvalue weighted by molar-refractivity contribution is 7.89. The molecule has 0 atom stereocenters. The van der Waals surface area contributed by atoms with Gasteiger partial charge in [0.1, 0.15) is 0 Å². The third kappa shape index (κ3) is 3.67. The number of benzene rings is 2. The molecule has 1 aromatic heterocycles. The number of nitriles is 1. The molecule has 4 rings (SSSR count). The fourth-order valence-electron chi connectivity index (χ4n) is 3.24. The van der Waals surface area contributed by atoms with Gasteiger partial charge in [-0.3, -0.25) is 9.59 Å². The lowest BCUT2D eigenvalue weighted by atomic mass is 10.1. The minimum atomic E-state index is -3.72. The Hall–Kier alpha value is -3.00. The number of amides is 1. The monoisotopic (exact) mass is 428 g/mol. The second kappa shape index (κ2) is 7.44. The topological polar surface area (TPSA) is 114 Å². The van der Waals surface area contributed by atoms with Gasteiger partial charge < -0.3 is 9.88 Å². The van der Waals surface area contributed by atoms with E-state index in [1.807, 2.05) is 6.07 Å². The van der Waals surface area contributed by atoms with Crippen molar-refractivity contribution < 1.29 is 13.2 Å². The Morgan fingerprint density at radius 2 is 1.76 bits per heavy atom. The third-order valence-corrected chi connectivity index (χ3v) is 7.56. The van der Waals surface area contributed by atoms with Crippen molar-refractivity contribution in [2.24, 2.45) is 0 Å². The number of sulfonamides is 1. The van der Waals surface area contributed by atoms with E-state index < -0.39 is 10.0 Å². The standard InChI is InChI=1S/C19H16N4O4S2/c20-12-13-1-3-14(4-2-13)18(24)22-7-9-23(10-8-22)29(26,27)15-5-6-16-17(11-15)28-19(25)21-16/h1-6,11H,7-10H2,(H,21,25). The number of nitrogens with zero attached hydrogens (tertiary/aromatic N) is 3. The largest absolute Gasteiger partial charge is 0.336 e. The zero-order valence-corrected chi connectivity index (χ0v) is 16.8. The van der Waals surface area contributed by atoms with Gasteiger partial charge in [-0.05, 0) is 42.5 Å². The maximum atomic E-state index is 13.0. The Morgan fingerprint density at radius 1 is 1.07 bits per heavy atom. The minimum absolute atomic E-state index is 0.132. The molecule has 1 amide bonds. The van der Waals surface area contributed by atoms with Crippen LogP contribution in [0.1, 0.15) is 15.9 Å². The molecule has 3 aromatic rings. The van der Waals surface area contributed by atoms with Crippen molar-refractivity contribution in [1.82, 2.24) is 14.2 Å². The molecule has 148 valence electrons. The SMILES string of the molecule is N#Cc1ccc(C(=O)N2CCN(S(=O)(=O)c3ccc4[nH]c(=O)sc4c3)CC2)cc1. The van der Waals surface area contributed by atoms with E-state index in [4.69, 9.17) is 5.26 Å². The average Bonchev–Trinajstić information content (AvgIpc) is 3.12. The van der Waals surface area contributed by atoms with Gasteiger partial charge >= 0.3 is 4.87 Å². The van der Waals surface area contributed by atoms with Crippen LogP contribution in [0, 0.1) is 11.3 Å². The first-order valence-electron chi connectivity index (χ1n) is 8.81. The summed E-state index contributed by atoms with van der Waals surface area (Å²) in [5.74, 6) is -0.190. The smallest absolute Gasteiger partial charge is 0.305 e. The van der Waals surface area contributed by atoms with Crippen molar-refractivity contribution in [2.75, 3.05) is 26.2 Å². The highest BCUT2D eigenvalue weighted by Crippen LogP contribution is 2.23. The molecule has 0 saturated carbocycles. The molecule has 1 aliphatic rings. The van der Waals surface area contributed by atoms with Gasteiger partial charge in [0.05, 0.1) is 26.7 Å². The van der Waals surface area contributed by atoms with Gasteiger partial charge in [-0.25, -0.2) is 8.42 Å². The molecule has 0 bridgehead atoms. The first-order valence-corrected chi connectivity index (χ1v) is 11.1. The van der Waals surface area contributed by atoms with Gasteiger partial charge in [0.25, 0.3) is 5.91 Å². The first kappa shape index (κ1) is 19.3. The summed E-state index contributed by atoms with van der Waals surface area (Å²) in [6.07, 6.45) is 0. The van der Waals surface area contributed by atoms with E-state index in [9.17, 15) is 18.0 Å². The second-order valence-electron chi connectivity index (χ2n) is 6.56.